The van der Waals surface area contributed by atoms with Crippen LogP contribution >= 0.6 is 18.1 Å². The van der Waals surface area contributed by atoms with Crippen molar-refractivity contribution < 1.29 is 9.46 Å². The highest BCUT2D eigenvalue weighted by atomic mass is 35.7. The van der Waals surface area contributed by atoms with Crippen molar-refractivity contribution in [3.05, 3.63) is 35.9 Å². The molecule has 0 bridgehead atoms. The summed E-state index contributed by atoms with van der Waals surface area (Å²) >= 11 is 5.37. The minimum atomic E-state index is -3.67. The normalized spacial score (nSPS) is 17.8. The number of nitrogens with zero attached hydrogens (tertiary/aromatic N) is 1. The summed E-state index contributed by atoms with van der Waals surface area (Å²) < 4.78 is 12.4. The van der Waals surface area contributed by atoms with Crippen LogP contribution in [0, 0.1) is 0 Å². The summed E-state index contributed by atoms with van der Waals surface area (Å²) in [4.78, 5) is 9.16. The Morgan fingerprint density at radius 3 is 2.36 bits per heavy atom. The summed E-state index contributed by atoms with van der Waals surface area (Å²) in [5.41, 5.74) is 0.963. The molecule has 1 rings (SSSR count). The lowest BCUT2D eigenvalue weighted by atomic mass is 10.1. The fraction of sp³-hybridized carbons (Fsp3) is 0.333. The lowest BCUT2D eigenvalue weighted by Crippen LogP contribution is -2.16. The van der Waals surface area contributed by atoms with Gasteiger partial charge in [0.25, 0.3) is 0 Å². The first-order valence-electron chi connectivity index (χ1n) is 4.23. The average molecular weight is 234 g/mol. The van der Waals surface area contributed by atoms with Crippen molar-refractivity contribution in [2.24, 2.45) is 0 Å². The third-order valence-electron chi connectivity index (χ3n) is 2.23. The molecule has 14 heavy (non-hydrogen) atoms. The fourth-order valence-corrected chi connectivity index (χ4v) is 2.11. The molecule has 0 radical (unpaired) electrons. The lowest BCUT2D eigenvalue weighted by Gasteiger charge is -2.25. The molecule has 0 spiro atoms. The molecule has 5 heteroatoms. The molecule has 1 aromatic carbocycles. The van der Waals surface area contributed by atoms with Gasteiger partial charge in [-0.25, -0.2) is 4.67 Å². The highest BCUT2D eigenvalue weighted by molar-refractivity contribution is 7.82. The van der Waals surface area contributed by atoms with E-state index in [0.717, 1.165) is 5.56 Å². The van der Waals surface area contributed by atoms with Crippen LogP contribution in [0.15, 0.2) is 30.3 Å². The molecular formula is C9H13ClNO2P. The van der Waals surface area contributed by atoms with Crippen LogP contribution in [0.1, 0.15) is 18.5 Å². The van der Waals surface area contributed by atoms with Crippen LogP contribution in [-0.4, -0.2) is 16.6 Å². The highest BCUT2D eigenvalue weighted by Crippen LogP contribution is 2.53. The average Bonchev–Trinajstić information content (AvgIpc) is 2.15. The van der Waals surface area contributed by atoms with Crippen molar-refractivity contribution >= 4 is 18.1 Å². The second kappa shape index (κ2) is 4.45. The maximum Gasteiger partial charge on any atom is 0.360 e. The fourth-order valence-electron chi connectivity index (χ4n) is 1.16. The molecule has 0 aliphatic heterocycles. The van der Waals surface area contributed by atoms with E-state index in [4.69, 9.17) is 16.1 Å². The summed E-state index contributed by atoms with van der Waals surface area (Å²) in [7, 11) is 1.53. The number of hydrogen-bond acceptors (Lipinski definition) is 1. The molecule has 0 fully saturated rings. The van der Waals surface area contributed by atoms with E-state index < -0.39 is 6.87 Å². The van der Waals surface area contributed by atoms with Crippen molar-refractivity contribution in [2.75, 3.05) is 7.05 Å². The van der Waals surface area contributed by atoms with Crippen molar-refractivity contribution in [2.45, 2.75) is 13.0 Å². The Morgan fingerprint density at radius 2 is 1.93 bits per heavy atom. The maximum atomic E-state index is 11.2. The Kier molecular flexibility index (Phi) is 3.73. The topological polar surface area (TPSA) is 40.5 Å². The van der Waals surface area contributed by atoms with E-state index in [-0.39, 0.29) is 6.04 Å². The number of benzene rings is 1. The molecule has 78 valence electrons. The van der Waals surface area contributed by atoms with Gasteiger partial charge in [0.1, 0.15) is 0 Å². The van der Waals surface area contributed by atoms with Crippen LogP contribution in [0.5, 0.6) is 0 Å². The Morgan fingerprint density at radius 1 is 1.43 bits per heavy atom. The van der Waals surface area contributed by atoms with Crippen LogP contribution in [-0.2, 0) is 4.57 Å². The first-order valence-corrected chi connectivity index (χ1v) is 6.75. The van der Waals surface area contributed by atoms with E-state index in [1.165, 1.54) is 11.7 Å². The predicted molar refractivity (Wildman–Crippen MR) is 58.3 cm³/mol. The van der Waals surface area contributed by atoms with Gasteiger partial charge < -0.3 is 4.89 Å². The van der Waals surface area contributed by atoms with Crippen molar-refractivity contribution in [3.8, 4) is 0 Å². The van der Waals surface area contributed by atoms with Crippen molar-refractivity contribution in [1.29, 1.82) is 0 Å². The third-order valence-corrected chi connectivity index (χ3v) is 4.07. The van der Waals surface area contributed by atoms with Gasteiger partial charge in [-0.15, -0.1) is 0 Å². The molecule has 0 aliphatic carbocycles. The smallest absolute Gasteiger partial charge is 0.322 e. The van der Waals surface area contributed by atoms with Crippen molar-refractivity contribution in [3.63, 3.8) is 0 Å². The van der Waals surface area contributed by atoms with Gasteiger partial charge in [0.2, 0.25) is 0 Å². The minimum Gasteiger partial charge on any atom is -0.322 e. The van der Waals surface area contributed by atoms with Gasteiger partial charge >= 0.3 is 6.87 Å². The van der Waals surface area contributed by atoms with Gasteiger partial charge in [0.05, 0.1) is 0 Å². The number of halogens is 1. The Bertz CT molecular complexity index is 338. The van der Waals surface area contributed by atoms with Gasteiger partial charge in [0.15, 0.2) is 0 Å². The highest BCUT2D eigenvalue weighted by Gasteiger charge is 2.26. The Balaban J connectivity index is 2.87. The van der Waals surface area contributed by atoms with Gasteiger partial charge in [0, 0.05) is 6.04 Å². The molecule has 1 N–H and O–H groups in total. The largest absolute Gasteiger partial charge is 0.360 e. The van der Waals surface area contributed by atoms with E-state index in [0.29, 0.717) is 0 Å². The van der Waals surface area contributed by atoms with Crippen LogP contribution < -0.4 is 0 Å². The first-order chi connectivity index (χ1) is 6.43. The quantitative estimate of drug-likeness (QED) is 0.816. The standard InChI is InChI=1S/C9H13ClNO2P/c1-8(11(2)14(10,12)13)9-6-4-3-5-7-9/h3-8H,1-2H3,(H,12,13)/t8-/m1/s1. The van der Waals surface area contributed by atoms with Gasteiger partial charge in [-0.1, -0.05) is 30.3 Å². The zero-order valence-corrected chi connectivity index (χ0v) is 9.74. The monoisotopic (exact) mass is 233 g/mol. The summed E-state index contributed by atoms with van der Waals surface area (Å²) in [5.74, 6) is 0. The van der Waals surface area contributed by atoms with Gasteiger partial charge in [-0.3, -0.25) is 4.57 Å². The lowest BCUT2D eigenvalue weighted by molar-refractivity contribution is 0.350. The summed E-state index contributed by atoms with van der Waals surface area (Å²) in [5, 5.41) is 0. The molecule has 0 heterocycles. The van der Waals surface area contributed by atoms with Crippen LogP contribution in [0.3, 0.4) is 0 Å². The summed E-state index contributed by atoms with van der Waals surface area (Å²) in [6.45, 7) is -1.84. The van der Waals surface area contributed by atoms with Gasteiger partial charge in [-0.2, -0.15) is 0 Å². The van der Waals surface area contributed by atoms with Crippen LogP contribution in [0.2, 0.25) is 0 Å². The maximum absolute atomic E-state index is 11.2. The second-order valence-corrected chi connectivity index (χ2v) is 6.03. The summed E-state index contributed by atoms with van der Waals surface area (Å²) in [6.07, 6.45) is 0. The van der Waals surface area contributed by atoms with Gasteiger partial charge in [-0.05, 0) is 30.8 Å². The number of hydrogen-bond donors (Lipinski definition) is 1. The molecule has 0 aliphatic rings. The van der Waals surface area contributed by atoms with E-state index in [9.17, 15) is 4.57 Å². The predicted octanol–water partition coefficient (Wildman–Crippen LogP) is 3.02. The molecule has 0 aromatic heterocycles. The molecular weight excluding hydrogens is 221 g/mol. The zero-order chi connectivity index (χ0) is 10.8. The first kappa shape index (κ1) is 11.7. The molecule has 2 atom stereocenters. The van der Waals surface area contributed by atoms with Crippen LogP contribution in [0.4, 0.5) is 0 Å². The number of rotatable bonds is 3. The Hall–Kier alpha value is -0.340. The summed E-state index contributed by atoms with van der Waals surface area (Å²) in [6, 6.07) is 9.29. The van der Waals surface area contributed by atoms with E-state index >= 15 is 0 Å². The molecule has 3 nitrogen and oxygen atoms in total. The minimum absolute atomic E-state index is 0.176. The molecule has 0 amide bonds. The van der Waals surface area contributed by atoms with E-state index in [1.54, 1.807) is 0 Å². The van der Waals surface area contributed by atoms with E-state index in [1.807, 2.05) is 37.3 Å². The van der Waals surface area contributed by atoms with E-state index in [2.05, 4.69) is 0 Å². The molecule has 0 saturated carbocycles. The Labute approximate surface area is 88.6 Å². The SMILES string of the molecule is C[C@H](c1ccccc1)N(C)P(=O)(O)Cl. The zero-order valence-electron chi connectivity index (χ0n) is 8.09. The molecule has 1 unspecified atom stereocenters. The second-order valence-electron chi connectivity index (χ2n) is 3.13. The van der Waals surface area contributed by atoms with Crippen LogP contribution in [0.25, 0.3) is 0 Å². The molecule has 0 saturated heterocycles. The molecule has 1 aromatic rings. The third kappa shape index (κ3) is 2.82. The van der Waals surface area contributed by atoms with Crippen molar-refractivity contribution in [1.82, 2.24) is 4.67 Å².